The molecule has 0 N–H and O–H groups in total. The van der Waals surface area contributed by atoms with Crippen LogP contribution >= 0.6 is 0 Å². The maximum atomic E-state index is 5.88. The van der Waals surface area contributed by atoms with Crippen LogP contribution in [0.25, 0.3) is 0 Å². The fourth-order valence-corrected chi connectivity index (χ4v) is 3.38. The number of hydrogen-bond donors (Lipinski definition) is 0. The Morgan fingerprint density at radius 2 is 1.76 bits per heavy atom. The van der Waals surface area contributed by atoms with Crippen LogP contribution in [0.15, 0.2) is 41.4 Å². The van der Waals surface area contributed by atoms with E-state index in [2.05, 4.69) is 23.2 Å². The molecule has 4 heteroatoms. The van der Waals surface area contributed by atoms with Gasteiger partial charge >= 0.3 is 0 Å². The summed E-state index contributed by atoms with van der Waals surface area (Å²) in [5, 5.41) is 0. The Morgan fingerprint density at radius 3 is 2.71 bits per heavy atom. The van der Waals surface area contributed by atoms with E-state index in [0.717, 1.165) is 22.8 Å². The second kappa shape index (κ2) is 4.01. The first-order valence-corrected chi connectivity index (χ1v) is 7.08. The molecule has 0 unspecified atom stereocenters. The summed E-state index contributed by atoms with van der Waals surface area (Å²) in [7, 11) is 0. The number of fused-ring (bicyclic) bond motifs is 6. The highest BCUT2D eigenvalue weighted by atomic mass is 16.7. The molecule has 2 aromatic rings. The molecule has 0 bridgehead atoms. The van der Waals surface area contributed by atoms with Gasteiger partial charge in [0.2, 0.25) is 6.79 Å². The van der Waals surface area contributed by atoms with E-state index in [1.54, 1.807) is 0 Å². The molecule has 3 heterocycles. The van der Waals surface area contributed by atoms with Crippen LogP contribution in [0, 0.1) is 0 Å². The quantitative estimate of drug-likeness (QED) is 0.744. The molecule has 104 valence electrons. The Bertz CT molecular complexity index is 769. The molecular formula is C17H13NO3. The van der Waals surface area contributed by atoms with Crippen molar-refractivity contribution in [3.05, 3.63) is 53.1 Å². The van der Waals surface area contributed by atoms with Gasteiger partial charge in [-0.25, -0.2) is 0 Å². The Morgan fingerprint density at radius 1 is 0.905 bits per heavy atom. The van der Waals surface area contributed by atoms with Gasteiger partial charge in [-0.3, -0.25) is 4.99 Å². The van der Waals surface area contributed by atoms with Gasteiger partial charge in [-0.2, -0.15) is 0 Å². The van der Waals surface area contributed by atoms with Gasteiger partial charge in [0.25, 0.3) is 0 Å². The molecule has 0 amide bonds. The summed E-state index contributed by atoms with van der Waals surface area (Å²) in [6.07, 6.45) is 1.96. The van der Waals surface area contributed by atoms with Crippen molar-refractivity contribution in [2.24, 2.45) is 4.99 Å². The number of hydrogen-bond acceptors (Lipinski definition) is 4. The molecule has 5 rings (SSSR count). The van der Waals surface area contributed by atoms with Crippen LogP contribution < -0.4 is 14.2 Å². The molecule has 2 aromatic carbocycles. The van der Waals surface area contributed by atoms with E-state index in [1.807, 2.05) is 24.4 Å². The van der Waals surface area contributed by atoms with E-state index in [9.17, 15) is 0 Å². The largest absolute Gasteiger partial charge is 0.491 e. The predicted octanol–water partition coefficient (Wildman–Crippen LogP) is 2.74. The zero-order valence-corrected chi connectivity index (χ0v) is 11.3. The fraction of sp³-hybridized carbons (Fsp3) is 0.235. The van der Waals surface area contributed by atoms with Gasteiger partial charge in [0.1, 0.15) is 12.4 Å². The van der Waals surface area contributed by atoms with Gasteiger partial charge in [-0.05, 0) is 17.2 Å². The Kier molecular flexibility index (Phi) is 2.14. The lowest BCUT2D eigenvalue weighted by Gasteiger charge is -2.34. The van der Waals surface area contributed by atoms with E-state index < -0.39 is 0 Å². The van der Waals surface area contributed by atoms with Gasteiger partial charge in [-0.1, -0.05) is 24.3 Å². The highest BCUT2D eigenvalue weighted by Gasteiger charge is 2.36. The zero-order chi connectivity index (χ0) is 13.8. The van der Waals surface area contributed by atoms with E-state index in [1.165, 1.54) is 11.1 Å². The predicted molar refractivity (Wildman–Crippen MR) is 77.7 cm³/mol. The van der Waals surface area contributed by atoms with E-state index in [4.69, 9.17) is 14.2 Å². The van der Waals surface area contributed by atoms with Crippen molar-refractivity contribution in [2.75, 3.05) is 13.4 Å². The maximum Gasteiger partial charge on any atom is 0.231 e. The molecule has 0 spiro atoms. The number of benzene rings is 2. The standard InChI is InChI=1S/C17H13NO3/c1-2-4-11-10(3-1)7-18-13-8-19-14-6-16-15(20-9-21-16)5-12(14)17(11)13/h1-7,13,17H,8-9H2/t13-,17+/m1/s1. The molecule has 0 radical (unpaired) electrons. The van der Waals surface area contributed by atoms with Crippen molar-refractivity contribution in [1.82, 2.24) is 0 Å². The number of aliphatic imine (C=N–C) groups is 1. The topological polar surface area (TPSA) is 40.0 Å². The first-order valence-electron chi connectivity index (χ1n) is 7.08. The molecule has 0 saturated heterocycles. The molecule has 0 aliphatic carbocycles. The molecule has 2 atom stereocenters. The maximum absolute atomic E-state index is 5.88. The van der Waals surface area contributed by atoms with Gasteiger partial charge in [0.15, 0.2) is 11.5 Å². The number of ether oxygens (including phenoxy) is 3. The van der Waals surface area contributed by atoms with Crippen molar-refractivity contribution in [2.45, 2.75) is 12.0 Å². The van der Waals surface area contributed by atoms with Crippen LogP contribution in [0.5, 0.6) is 17.2 Å². The van der Waals surface area contributed by atoms with Crippen molar-refractivity contribution in [3.8, 4) is 17.2 Å². The number of nitrogens with zero attached hydrogens (tertiary/aromatic N) is 1. The van der Waals surface area contributed by atoms with Gasteiger partial charge < -0.3 is 14.2 Å². The highest BCUT2D eigenvalue weighted by Crippen LogP contribution is 2.47. The number of rotatable bonds is 0. The lowest BCUT2D eigenvalue weighted by molar-refractivity contribution is 0.174. The minimum Gasteiger partial charge on any atom is -0.491 e. The highest BCUT2D eigenvalue weighted by molar-refractivity contribution is 5.84. The van der Waals surface area contributed by atoms with Gasteiger partial charge in [0, 0.05) is 23.8 Å². The first-order chi connectivity index (χ1) is 10.4. The van der Waals surface area contributed by atoms with Crippen molar-refractivity contribution in [1.29, 1.82) is 0 Å². The summed E-state index contributed by atoms with van der Waals surface area (Å²) < 4.78 is 16.8. The van der Waals surface area contributed by atoms with E-state index in [-0.39, 0.29) is 18.8 Å². The van der Waals surface area contributed by atoms with Crippen LogP contribution in [-0.2, 0) is 0 Å². The van der Waals surface area contributed by atoms with E-state index in [0.29, 0.717) is 6.61 Å². The fourth-order valence-electron chi connectivity index (χ4n) is 3.38. The zero-order valence-electron chi connectivity index (χ0n) is 11.3. The average Bonchev–Trinajstić information content (AvgIpc) is 2.99. The summed E-state index contributed by atoms with van der Waals surface area (Å²) in [5.74, 6) is 2.67. The lowest BCUT2D eigenvalue weighted by atomic mass is 9.80. The third-order valence-electron chi connectivity index (χ3n) is 4.37. The minimum absolute atomic E-state index is 0.132. The molecule has 21 heavy (non-hydrogen) atoms. The molecule has 0 saturated carbocycles. The second-order valence-electron chi connectivity index (χ2n) is 5.51. The molecule has 0 fully saturated rings. The molecule has 0 aromatic heterocycles. The SMILES string of the molecule is C1=N[C@@H]2COc3cc4c(cc3[C@@H]2c2ccccc21)OCO4. The summed E-state index contributed by atoms with van der Waals surface area (Å²) in [6, 6.07) is 12.5. The summed E-state index contributed by atoms with van der Waals surface area (Å²) in [4.78, 5) is 4.66. The normalized spacial score (nSPS) is 23.8. The molecule has 4 nitrogen and oxygen atoms in total. The third-order valence-corrected chi connectivity index (χ3v) is 4.37. The second-order valence-corrected chi connectivity index (χ2v) is 5.51. The van der Waals surface area contributed by atoms with Crippen LogP contribution in [0.2, 0.25) is 0 Å². The summed E-state index contributed by atoms with van der Waals surface area (Å²) in [6.45, 7) is 0.878. The van der Waals surface area contributed by atoms with Gasteiger partial charge in [-0.15, -0.1) is 0 Å². The Balaban J connectivity index is 1.73. The first kappa shape index (κ1) is 11.2. The third kappa shape index (κ3) is 1.53. The van der Waals surface area contributed by atoms with Crippen LogP contribution in [-0.4, -0.2) is 25.7 Å². The van der Waals surface area contributed by atoms with Crippen LogP contribution in [0.4, 0.5) is 0 Å². The van der Waals surface area contributed by atoms with Crippen molar-refractivity contribution >= 4 is 6.21 Å². The molecule has 3 aliphatic rings. The molecular weight excluding hydrogens is 266 g/mol. The summed E-state index contributed by atoms with van der Waals surface area (Å²) >= 11 is 0. The van der Waals surface area contributed by atoms with Crippen LogP contribution in [0.3, 0.4) is 0 Å². The smallest absolute Gasteiger partial charge is 0.231 e. The Hall–Kier alpha value is -2.49. The van der Waals surface area contributed by atoms with E-state index >= 15 is 0 Å². The monoisotopic (exact) mass is 279 g/mol. The lowest BCUT2D eigenvalue weighted by Crippen LogP contribution is -2.33. The van der Waals surface area contributed by atoms with Gasteiger partial charge in [0.05, 0.1) is 6.04 Å². The van der Waals surface area contributed by atoms with Crippen molar-refractivity contribution < 1.29 is 14.2 Å². The van der Waals surface area contributed by atoms with Crippen molar-refractivity contribution in [3.63, 3.8) is 0 Å². The minimum atomic E-state index is 0.132. The van der Waals surface area contributed by atoms with Crippen LogP contribution in [0.1, 0.15) is 22.6 Å². The Labute approximate surface area is 122 Å². The molecule has 3 aliphatic heterocycles. The summed E-state index contributed by atoms with van der Waals surface area (Å²) in [5.41, 5.74) is 3.63. The average molecular weight is 279 g/mol.